The molecule has 0 radical (unpaired) electrons. The van der Waals surface area contributed by atoms with E-state index in [1.54, 1.807) is 12.1 Å². The molecule has 0 saturated heterocycles. The van der Waals surface area contributed by atoms with Crippen LogP contribution in [0.4, 0.5) is 4.39 Å². The standard InChI is InChI=1S/C16H17FN2O/c1-2-14-11-20-16(18-14)15-7-4-8-19(15)10-12-5-3-6-13(17)9-12/h3-9,14H,2,10-11H2,1H3. The molecule has 2 aromatic rings. The lowest BCUT2D eigenvalue weighted by molar-refractivity contribution is 0.313. The normalized spacial score (nSPS) is 17.9. The maximum absolute atomic E-state index is 13.2. The first-order valence-corrected chi connectivity index (χ1v) is 6.87. The smallest absolute Gasteiger partial charge is 0.233 e. The molecule has 0 bridgehead atoms. The molecule has 1 atom stereocenters. The Morgan fingerprint density at radius 2 is 2.25 bits per heavy atom. The highest BCUT2D eigenvalue weighted by Crippen LogP contribution is 2.16. The molecule has 1 aliphatic rings. The molecule has 4 heteroatoms. The van der Waals surface area contributed by atoms with Crippen molar-refractivity contribution in [2.75, 3.05) is 6.61 Å². The van der Waals surface area contributed by atoms with Gasteiger partial charge < -0.3 is 9.30 Å². The SMILES string of the molecule is CCC1COC(c2cccn2Cc2cccc(F)c2)=N1. The van der Waals surface area contributed by atoms with Gasteiger partial charge in [0.05, 0.1) is 6.04 Å². The van der Waals surface area contributed by atoms with Crippen molar-refractivity contribution in [3.8, 4) is 0 Å². The molecule has 0 N–H and O–H groups in total. The van der Waals surface area contributed by atoms with Gasteiger partial charge in [-0.25, -0.2) is 9.38 Å². The Bertz CT molecular complexity index is 633. The Hall–Kier alpha value is -2.10. The summed E-state index contributed by atoms with van der Waals surface area (Å²) in [6, 6.07) is 10.8. The van der Waals surface area contributed by atoms with Crippen molar-refractivity contribution in [1.82, 2.24) is 4.57 Å². The Balaban J connectivity index is 1.84. The van der Waals surface area contributed by atoms with E-state index < -0.39 is 0 Å². The zero-order chi connectivity index (χ0) is 13.9. The number of halogens is 1. The van der Waals surface area contributed by atoms with Crippen LogP contribution < -0.4 is 0 Å². The van der Waals surface area contributed by atoms with Crippen LogP contribution in [0, 0.1) is 5.82 Å². The number of nitrogens with zero attached hydrogens (tertiary/aromatic N) is 2. The predicted octanol–water partition coefficient (Wildman–Crippen LogP) is 3.23. The summed E-state index contributed by atoms with van der Waals surface area (Å²) in [5.41, 5.74) is 1.87. The van der Waals surface area contributed by atoms with Gasteiger partial charge in [-0.1, -0.05) is 19.1 Å². The molecule has 1 aromatic heterocycles. The van der Waals surface area contributed by atoms with Gasteiger partial charge in [0.15, 0.2) is 0 Å². The van der Waals surface area contributed by atoms with E-state index in [9.17, 15) is 4.39 Å². The van der Waals surface area contributed by atoms with E-state index in [2.05, 4.69) is 11.9 Å². The van der Waals surface area contributed by atoms with E-state index in [1.165, 1.54) is 6.07 Å². The first-order chi connectivity index (χ1) is 9.76. The van der Waals surface area contributed by atoms with Gasteiger partial charge in [-0.2, -0.15) is 0 Å². The number of hydrogen-bond donors (Lipinski definition) is 0. The zero-order valence-corrected chi connectivity index (χ0v) is 11.4. The van der Waals surface area contributed by atoms with Gasteiger partial charge >= 0.3 is 0 Å². The third-order valence-corrected chi connectivity index (χ3v) is 3.47. The van der Waals surface area contributed by atoms with E-state index in [0.717, 1.165) is 17.7 Å². The molecule has 0 saturated carbocycles. The number of hydrogen-bond acceptors (Lipinski definition) is 2. The van der Waals surface area contributed by atoms with Gasteiger partial charge in [-0.15, -0.1) is 0 Å². The fourth-order valence-corrected chi connectivity index (χ4v) is 2.34. The van der Waals surface area contributed by atoms with Crippen LogP contribution >= 0.6 is 0 Å². The van der Waals surface area contributed by atoms with Crippen LogP contribution in [0.2, 0.25) is 0 Å². The number of aliphatic imine (C=N–C) groups is 1. The number of rotatable bonds is 4. The summed E-state index contributed by atoms with van der Waals surface area (Å²) in [4.78, 5) is 4.57. The van der Waals surface area contributed by atoms with Crippen LogP contribution in [0.3, 0.4) is 0 Å². The molecular formula is C16H17FN2O. The van der Waals surface area contributed by atoms with Crippen LogP contribution in [0.1, 0.15) is 24.6 Å². The number of aromatic nitrogens is 1. The van der Waals surface area contributed by atoms with E-state index >= 15 is 0 Å². The second-order valence-electron chi connectivity index (χ2n) is 4.96. The van der Waals surface area contributed by atoms with Gasteiger partial charge in [0, 0.05) is 12.7 Å². The van der Waals surface area contributed by atoms with Gasteiger partial charge in [0.25, 0.3) is 0 Å². The lowest BCUT2D eigenvalue weighted by Gasteiger charge is -2.09. The molecular weight excluding hydrogens is 255 g/mol. The summed E-state index contributed by atoms with van der Waals surface area (Å²) in [6.07, 6.45) is 2.94. The van der Waals surface area contributed by atoms with Crippen LogP contribution in [0.15, 0.2) is 47.6 Å². The number of benzene rings is 1. The van der Waals surface area contributed by atoms with Gasteiger partial charge in [0.1, 0.15) is 18.1 Å². The van der Waals surface area contributed by atoms with Crippen molar-refractivity contribution < 1.29 is 9.13 Å². The molecule has 0 amide bonds. The maximum atomic E-state index is 13.2. The topological polar surface area (TPSA) is 26.5 Å². The van der Waals surface area contributed by atoms with Crippen LogP contribution in [-0.4, -0.2) is 23.1 Å². The third-order valence-electron chi connectivity index (χ3n) is 3.47. The fraction of sp³-hybridized carbons (Fsp3) is 0.312. The maximum Gasteiger partial charge on any atom is 0.233 e. The molecule has 1 aromatic carbocycles. The molecule has 3 nitrogen and oxygen atoms in total. The van der Waals surface area contributed by atoms with E-state index in [1.807, 2.05) is 29.0 Å². The minimum Gasteiger partial charge on any atom is -0.474 e. The Morgan fingerprint density at radius 1 is 1.35 bits per heavy atom. The number of ether oxygens (including phenoxy) is 1. The Labute approximate surface area is 117 Å². The van der Waals surface area contributed by atoms with E-state index in [0.29, 0.717) is 19.0 Å². The monoisotopic (exact) mass is 272 g/mol. The van der Waals surface area contributed by atoms with Gasteiger partial charge in [-0.05, 0) is 36.2 Å². The molecule has 0 aliphatic carbocycles. The lowest BCUT2D eigenvalue weighted by Crippen LogP contribution is -2.10. The molecule has 3 rings (SSSR count). The van der Waals surface area contributed by atoms with Crippen molar-refractivity contribution in [2.45, 2.75) is 25.9 Å². The average Bonchev–Trinajstić information content (AvgIpc) is 3.06. The molecule has 0 fully saturated rings. The predicted molar refractivity (Wildman–Crippen MR) is 76.5 cm³/mol. The fourth-order valence-electron chi connectivity index (χ4n) is 2.34. The quantitative estimate of drug-likeness (QED) is 0.839. The molecule has 104 valence electrons. The summed E-state index contributed by atoms with van der Waals surface area (Å²) in [5, 5.41) is 0. The summed E-state index contributed by atoms with van der Waals surface area (Å²) < 4.78 is 20.9. The van der Waals surface area contributed by atoms with E-state index in [-0.39, 0.29) is 11.9 Å². The molecule has 1 unspecified atom stereocenters. The summed E-state index contributed by atoms with van der Waals surface area (Å²) in [6.45, 7) is 3.36. The highest BCUT2D eigenvalue weighted by atomic mass is 19.1. The first kappa shape index (κ1) is 12.9. The zero-order valence-electron chi connectivity index (χ0n) is 11.4. The summed E-state index contributed by atoms with van der Waals surface area (Å²) in [7, 11) is 0. The van der Waals surface area contributed by atoms with Crippen molar-refractivity contribution in [3.05, 3.63) is 59.7 Å². The highest BCUT2D eigenvalue weighted by molar-refractivity contribution is 5.93. The largest absolute Gasteiger partial charge is 0.474 e. The minimum absolute atomic E-state index is 0.211. The average molecular weight is 272 g/mol. The van der Waals surface area contributed by atoms with Crippen LogP contribution in [-0.2, 0) is 11.3 Å². The molecule has 2 heterocycles. The first-order valence-electron chi connectivity index (χ1n) is 6.87. The van der Waals surface area contributed by atoms with Gasteiger partial charge in [-0.3, -0.25) is 0 Å². The van der Waals surface area contributed by atoms with Crippen molar-refractivity contribution in [3.63, 3.8) is 0 Å². The third kappa shape index (κ3) is 2.59. The minimum atomic E-state index is -0.211. The van der Waals surface area contributed by atoms with Crippen molar-refractivity contribution in [2.24, 2.45) is 4.99 Å². The second kappa shape index (κ2) is 5.49. The van der Waals surface area contributed by atoms with Crippen molar-refractivity contribution >= 4 is 5.90 Å². The summed E-state index contributed by atoms with van der Waals surface area (Å²) in [5.74, 6) is 0.481. The van der Waals surface area contributed by atoms with Gasteiger partial charge in [0.2, 0.25) is 5.90 Å². The van der Waals surface area contributed by atoms with E-state index in [4.69, 9.17) is 4.74 Å². The summed E-state index contributed by atoms with van der Waals surface area (Å²) >= 11 is 0. The van der Waals surface area contributed by atoms with Crippen molar-refractivity contribution in [1.29, 1.82) is 0 Å². The lowest BCUT2D eigenvalue weighted by atomic mass is 10.2. The highest BCUT2D eigenvalue weighted by Gasteiger charge is 2.20. The molecule has 20 heavy (non-hydrogen) atoms. The molecule has 1 aliphatic heterocycles. The van der Waals surface area contributed by atoms with Crippen LogP contribution in [0.5, 0.6) is 0 Å². The van der Waals surface area contributed by atoms with Crippen LogP contribution in [0.25, 0.3) is 0 Å². The Morgan fingerprint density at radius 3 is 3.00 bits per heavy atom. The molecule has 0 spiro atoms. The Kier molecular flexibility index (Phi) is 3.54. The second-order valence-corrected chi connectivity index (χ2v) is 4.96.